The fourth-order valence-corrected chi connectivity index (χ4v) is 1.71. The average Bonchev–Trinajstić information content (AvgIpc) is 3.03. The van der Waals surface area contributed by atoms with Crippen LogP contribution in [0.15, 0.2) is 24.5 Å². The summed E-state index contributed by atoms with van der Waals surface area (Å²) in [6.45, 7) is 2.08. The second kappa shape index (κ2) is 4.57. The molecular formula is C11H15N3S. The molecule has 80 valence electrons. The number of aromatic nitrogens is 1. The number of nitrogens with one attached hydrogen (secondary N) is 2. The lowest BCUT2D eigenvalue weighted by molar-refractivity contribution is 0.694. The Hall–Kier alpha value is -1.16. The highest BCUT2D eigenvalue weighted by Crippen LogP contribution is 2.18. The third kappa shape index (κ3) is 3.16. The number of nitrogens with zero attached hydrogens (tertiary/aromatic N) is 1. The fraction of sp³-hybridized carbons (Fsp3) is 0.455. The predicted octanol–water partition coefficient (Wildman–Crippen LogP) is 1.77. The molecule has 1 atom stereocenters. The summed E-state index contributed by atoms with van der Waals surface area (Å²) >= 11 is 5.20. The van der Waals surface area contributed by atoms with Gasteiger partial charge >= 0.3 is 0 Å². The van der Waals surface area contributed by atoms with Crippen LogP contribution in [0.5, 0.6) is 0 Å². The first-order valence-corrected chi connectivity index (χ1v) is 5.63. The molecule has 1 aliphatic rings. The second-order valence-electron chi connectivity index (χ2n) is 3.90. The summed E-state index contributed by atoms with van der Waals surface area (Å²) in [4.78, 5) is 4.08. The van der Waals surface area contributed by atoms with Crippen LogP contribution >= 0.6 is 12.2 Å². The molecule has 0 amide bonds. The van der Waals surface area contributed by atoms with Gasteiger partial charge < -0.3 is 10.6 Å². The highest BCUT2D eigenvalue weighted by Gasteiger charge is 2.22. The minimum Gasteiger partial charge on any atom is -0.360 e. The first-order chi connectivity index (χ1) is 7.25. The normalized spacial score (nSPS) is 16.9. The van der Waals surface area contributed by atoms with Crippen LogP contribution in [0.25, 0.3) is 0 Å². The topological polar surface area (TPSA) is 37.0 Å². The maximum Gasteiger partial charge on any atom is 0.166 e. The van der Waals surface area contributed by atoms with Crippen molar-refractivity contribution in [2.75, 3.05) is 0 Å². The zero-order valence-electron chi connectivity index (χ0n) is 8.73. The number of pyridine rings is 1. The zero-order valence-corrected chi connectivity index (χ0v) is 9.55. The third-order valence-electron chi connectivity index (χ3n) is 2.44. The first-order valence-electron chi connectivity index (χ1n) is 5.22. The van der Waals surface area contributed by atoms with Crippen LogP contribution in [0.4, 0.5) is 0 Å². The molecule has 0 radical (unpaired) electrons. The van der Waals surface area contributed by atoms with Crippen LogP contribution in [-0.2, 0) is 0 Å². The molecule has 2 rings (SSSR count). The largest absolute Gasteiger partial charge is 0.360 e. The van der Waals surface area contributed by atoms with Crippen molar-refractivity contribution in [3.63, 3.8) is 0 Å². The Bertz CT molecular complexity index is 335. The Balaban J connectivity index is 1.85. The van der Waals surface area contributed by atoms with Crippen molar-refractivity contribution in [2.24, 2.45) is 0 Å². The molecule has 3 nitrogen and oxygen atoms in total. The molecule has 0 aliphatic heterocycles. The van der Waals surface area contributed by atoms with Gasteiger partial charge in [0.2, 0.25) is 0 Å². The summed E-state index contributed by atoms with van der Waals surface area (Å²) in [6, 6.07) is 4.79. The monoisotopic (exact) mass is 221 g/mol. The Labute approximate surface area is 95.3 Å². The first kappa shape index (κ1) is 10.4. The lowest BCUT2D eigenvalue weighted by Gasteiger charge is -2.16. The maximum absolute atomic E-state index is 5.20. The van der Waals surface area contributed by atoms with E-state index in [0.717, 1.165) is 10.7 Å². The molecular weight excluding hydrogens is 206 g/mol. The highest BCUT2D eigenvalue weighted by atomic mass is 32.1. The molecule has 0 bridgehead atoms. The molecule has 2 N–H and O–H groups in total. The van der Waals surface area contributed by atoms with E-state index < -0.39 is 0 Å². The van der Waals surface area contributed by atoms with Crippen LogP contribution in [0.3, 0.4) is 0 Å². The molecule has 1 unspecified atom stereocenters. The molecule has 1 saturated carbocycles. The van der Waals surface area contributed by atoms with E-state index in [0.29, 0.717) is 6.04 Å². The number of thiocarbonyl (C=S) groups is 1. The van der Waals surface area contributed by atoms with Crippen molar-refractivity contribution in [3.05, 3.63) is 30.1 Å². The van der Waals surface area contributed by atoms with E-state index in [1.54, 1.807) is 6.20 Å². The Kier molecular flexibility index (Phi) is 3.16. The number of rotatable bonds is 3. The van der Waals surface area contributed by atoms with Crippen LogP contribution in [0.2, 0.25) is 0 Å². The van der Waals surface area contributed by atoms with Crippen molar-refractivity contribution >= 4 is 17.3 Å². The Morgan fingerprint density at radius 1 is 1.60 bits per heavy atom. The van der Waals surface area contributed by atoms with Gasteiger partial charge in [-0.15, -0.1) is 0 Å². The molecule has 4 heteroatoms. The molecule has 0 spiro atoms. The predicted molar refractivity (Wildman–Crippen MR) is 64.5 cm³/mol. The van der Waals surface area contributed by atoms with Gasteiger partial charge in [0.05, 0.1) is 6.04 Å². The fourth-order valence-electron chi connectivity index (χ4n) is 1.37. The Morgan fingerprint density at radius 3 is 3.00 bits per heavy atom. The van der Waals surface area contributed by atoms with Crippen molar-refractivity contribution < 1.29 is 0 Å². The minimum atomic E-state index is 0.206. The number of hydrogen-bond donors (Lipinski definition) is 2. The van der Waals surface area contributed by atoms with Gasteiger partial charge in [-0.05, 0) is 43.6 Å². The van der Waals surface area contributed by atoms with E-state index in [1.165, 1.54) is 12.8 Å². The summed E-state index contributed by atoms with van der Waals surface area (Å²) in [5, 5.41) is 7.25. The molecule has 1 aromatic rings. The second-order valence-corrected chi connectivity index (χ2v) is 4.31. The molecule has 1 heterocycles. The third-order valence-corrected chi connectivity index (χ3v) is 2.68. The standard InChI is InChI=1S/C11H15N3S/c1-8(9-3-2-6-12-7-9)13-11(15)14-10-4-5-10/h2-3,6-8,10H,4-5H2,1H3,(H2,13,14,15). The van der Waals surface area contributed by atoms with Gasteiger partial charge in [-0.2, -0.15) is 0 Å². The van der Waals surface area contributed by atoms with Crippen LogP contribution in [-0.4, -0.2) is 16.1 Å². The molecule has 1 fully saturated rings. The lowest BCUT2D eigenvalue weighted by Crippen LogP contribution is -2.37. The van der Waals surface area contributed by atoms with Crippen LogP contribution in [0.1, 0.15) is 31.4 Å². The molecule has 1 aliphatic carbocycles. The summed E-state index contributed by atoms with van der Waals surface area (Å²) in [7, 11) is 0. The van der Waals surface area contributed by atoms with E-state index in [4.69, 9.17) is 12.2 Å². The summed E-state index contributed by atoms with van der Waals surface area (Å²) in [5.74, 6) is 0. The number of hydrogen-bond acceptors (Lipinski definition) is 2. The van der Waals surface area contributed by atoms with Gasteiger partial charge in [-0.1, -0.05) is 6.07 Å². The van der Waals surface area contributed by atoms with Gasteiger partial charge in [0.15, 0.2) is 5.11 Å². The van der Waals surface area contributed by atoms with Crippen LogP contribution < -0.4 is 10.6 Å². The van der Waals surface area contributed by atoms with Crippen molar-refractivity contribution in [3.8, 4) is 0 Å². The quantitative estimate of drug-likeness (QED) is 0.763. The summed E-state index contributed by atoms with van der Waals surface area (Å²) in [5.41, 5.74) is 1.15. The summed E-state index contributed by atoms with van der Waals surface area (Å²) in [6.07, 6.45) is 6.11. The lowest BCUT2D eigenvalue weighted by atomic mass is 10.1. The molecule has 1 aromatic heterocycles. The zero-order chi connectivity index (χ0) is 10.7. The van der Waals surface area contributed by atoms with E-state index in [1.807, 2.05) is 18.3 Å². The van der Waals surface area contributed by atoms with Gasteiger partial charge in [0.1, 0.15) is 0 Å². The highest BCUT2D eigenvalue weighted by molar-refractivity contribution is 7.80. The minimum absolute atomic E-state index is 0.206. The molecule has 0 saturated heterocycles. The average molecular weight is 221 g/mol. The van der Waals surface area contributed by atoms with Crippen molar-refractivity contribution in [1.29, 1.82) is 0 Å². The van der Waals surface area contributed by atoms with Gasteiger partial charge in [0, 0.05) is 18.4 Å². The van der Waals surface area contributed by atoms with Crippen LogP contribution in [0, 0.1) is 0 Å². The summed E-state index contributed by atoms with van der Waals surface area (Å²) < 4.78 is 0. The van der Waals surface area contributed by atoms with E-state index in [-0.39, 0.29) is 6.04 Å². The van der Waals surface area contributed by atoms with E-state index in [9.17, 15) is 0 Å². The smallest absolute Gasteiger partial charge is 0.166 e. The maximum atomic E-state index is 5.20. The van der Waals surface area contributed by atoms with Gasteiger partial charge in [-0.3, -0.25) is 4.98 Å². The van der Waals surface area contributed by atoms with Crippen molar-refractivity contribution in [2.45, 2.75) is 31.8 Å². The van der Waals surface area contributed by atoms with Gasteiger partial charge in [-0.25, -0.2) is 0 Å². The molecule has 0 aromatic carbocycles. The van der Waals surface area contributed by atoms with E-state index in [2.05, 4.69) is 22.5 Å². The van der Waals surface area contributed by atoms with E-state index >= 15 is 0 Å². The SMILES string of the molecule is CC(NC(=S)NC1CC1)c1cccnc1. The molecule has 15 heavy (non-hydrogen) atoms. The van der Waals surface area contributed by atoms with Crippen molar-refractivity contribution in [1.82, 2.24) is 15.6 Å². The Morgan fingerprint density at radius 2 is 2.40 bits per heavy atom. The van der Waals surface area contributed by atoms with Gasteiger partial charge in [0.25, 0.3) is 0 Å².